The van der Waals surface area contributed by atoms with Crippen molar-refractivity contribution in [3.63, 3.8) is 0 Å². The van der Waals surface area contributed by atoms with Crippen molar-refractivity contribution in [1.82, 2.24) is 16.2 Å². The third-order valence-electron chi connectivity index (χ3n) is 4.25. The fourth-order valence-corrected chi connectivity index (χ4v) is 2.86. The third-order valence-corrected chi connectivity index (χ3v) is 4.25. The van der Waals surface area contributed by atoms with Crippen LogP contribution in [0.3, 0.4) is 0 Å². The molecular formula is C19H23N3O3. The zero-order chi connectivity index (χ0) is 17.6. The second-order valence-corrected chi connectivity index (χ2v) is 6.19. The van der Waals surface area contributed by atoms with Crippen molar-refractivity contribution in [3.05, 3.63) is 60.2 Å². The van der Waals surface area contributed by atoms with E-state index in [2.05, 4.69) is 16.2 Å². The average molecular weight is 341 g/mol. The summed E-state index contributed by atoms with van der Waals surface area (Å²) in [5.74, 6) is 0.887. The van der Waals surface area contributed by atoms with Crippen molar-refractivity contribution in [3.8, 4) is 11.5 Å². The van der Waals surface area contributed by atoms with Crippen LogP contribution < -0.4 is 20.9 Å². The Morgan fingerprint density at radius 3 is 2.68 bits per heavy atom. The summed E-state index contributed by atoms with van der Waals surface area (Å²) < 4.78 is 5.72. The number of para-hydroxylation sites is 2. The van der Waals surface area contributed by atoms with E-state index in [1.807, 2.05) is 43.3 Å². The highest BCUT2D eigenvalue weighted by Gasteiger charge is 2.30. The van der Waals surface area contributed by atoms with Crippen LogP contribution in [0.15, 0.2) is 54.6 Å². The Balaban J connectivity index is 1.48. The predicted octanol–water partition coefficient (Wildman–Crippen LogP) is 1.88. The molecule has 1 amide bonds. The van der Waals surface area contributed by atoms with Crippen LogP contribution in [0.5, 0.6) is 11.5 Å². The Labute approximate surface area is 147 Å². The molecule has 6 heteroatoms. The van der Waals surface area contributed by atoms with Crippen molar-refractivity contribution in [2.24, 2.45) is 0 Å². The highest BCUT2D eigenvalue weighted by molar-refractivity contribution is 5.82. The van der Waals surface area contributed by atoms with Gasteiger partial charge in [0.25, 0.3) is 0 Å². The van der Waals surface area contributed by atoms with Crippen molar-refractivity contribution in [1.29, 1.82) is 0 Å². The zero-order valence-electron chi connectivity index (χ0n) is 14.1. The van der Waals surface area contributed by atoms with Crippen LogP contribution in [0.25, 0.3) is 0 Å². The van der Waals surface area contributed by atoms with Gasteiger partial charge in [-0.25, -0.2) is 5.43 Å². The van der Waals surface area contributed by atoms with Crippen LogP contribution in [-0.2, 0) is 4.79 Å². The van der Waals surface area contributed by atoms with Gasteiger partial charge in [0.15, 0.2) is 0 Å². The first-order chi connectivity index (χ1) is 12.1. The van der Waals surface area contributed by atoms with Crippen molar-refractivity contribution >= 4 is 5.91 Å². The molecular weight excluding hydrogens is 318 g/mol. The fourth-order valence-electron chi connectivity index (χ4n) is 2.86. The third kappa shape index (κ3) is 4.49. The highest BCUT2D eigenvalue weighted by Crippen LogP contribution is 2.23. The lowest BCUT2D eigenvalue weighted by atomic mass is 10.1. The first kappa shape index (κ1) is 17.3. The molecule has 4 N–H and O–H groups in total. The summed E-state index contributed by atoms with van der Waals surface area (Å²) in [5, 5.41) is 12.8. The molecule has 3 unspecified atom stereocenters. The zero-order valence-corrected chi connectivity index (χ0v) is 14.1. The Kier molecular flexibility index (Phi) is 5.53. The van der Waals surface area contributed by atoms with Crippen molar-refractivity contribution in [2.75, 3.05) is 6.61 Å². The van der Waals surface area contributed by atoms with Crippen LogP contribution in [0.4, 0.5) is 0 Å². The first-order valence-electron chi connectivity index (χ1n) is 8.40. The smallest absolute Gasteiger partial charge is 0.239 e. The van der Waals surface area contributed by atoms with E-state index in [1.54, 1.807) is 18.2 Å². The normalized spacial score (nSPS) is 20.8. The number of rotatable bonds is 6. The van der Waals surface area contributed by atoms with E-state index < -0.39 is 0 Å². The monoisotopic (exact) mass is 341 g/mol. The van der Waals surface area contributed by atoms with Gasteiger partial charge in [0.2, 0.25) is 5.91 Å². The van der Waals surface area contributed by atoms with Crippen molar-refractivity contribution in [2.45, 2.75) is 31.5 Å². The predicted molar refractivity (Wildman–Crippen MR) is 95.1 cm³/mol. The van der Waals surface area contributed by atoms with Gasteiger partial charge in [-0.05, 0) is 31.5 Å². The number of ether oxygens (including phenoxy) is 1. The number of carbonyl (C=O) groups is 1. The number of benzene rings is 2. The summed E-state index contributed by atoms with van der Waals surface area (Å²) in [6.07, 6.45) is 0.631. The molecule has 0 aromatic heterocycles. The summed E-state index contributed by atoms with van der Waals surface area (Å²) in [7, 11) is 0. The number of amides is 1. The van der Waals surface area contributed by atoms with Crippen molar-refractivity contribution < 1.29 is 14.6 Å². The number of aromatic hydroxyl groups is 1. The van der Waals surface area contributed by atoms with Crippen LogP contribution in [0, 0.1) is 0 Å². The lowest BCUT2D eigenvalue weighted by molar-refractivity contribution is -0.123. The molecule has 3 rings (SSSR count). The van der Waals surface area contributed by atoms with Crippen LogP contribution in [0.2, 0.25) is 0 Å². The minimum atomic E-state index is -0.335. The quantitative estimate of drug-likeness (QED) is 0.645. The molecule has 1 aliphatic heterocycles. The Morgan fingerprint density at radius 2 is 1.92 bits per heavy atom. The molecule has 2 aromatic rings. The van der Waals surface area contributed by atoms with Crippen LogP contribution >= 0.6 is 0 Å². The summed E-state index contributed by atoms with van der Waals surface area (Å²) in [5.41, 5.74) is 6.81. The van der Waals surface area contributed by atoms with E-state index in [-0.39, 0.29) is 29.8 Å². The molecule has 0 saturated carbocycles. The van der Waals surface area contributed by atoms with E-state index in [1.165, 1.54) is 0 Å². The van der Waals surface area contributed by atoms with E-state index in [9.17, 15) is 9.90 Å². The molecule has 0 radical (unpaired) electrons. The number of hydrazine groups is 1. The molecule has 2 aromatic carbocycles. The maximum absolute atomic E-state index is 12.4. The minimum absolute atomic E-state index is 0.0522. The molecule has 25 heavy (non-hydrogen) atoms. The summed E-state index contributed by atoms with van der Waals surface area (Å²) in [6, 6.07) is 16.1. The molecule has 0 spiro atoms. The molecule has 1 fully saturated rings. The number of phenols is 1. The Morgan fingerprint density at radius 1 is 1.20 bits per heavy atom. The number of hydrogen-bond donors (Lipinski definition) is 4. The number of hydrogen-bond acceptors (Lipinski definition) is 5. The van der Waals surface area contributed by atoms with Gasteiger partial charge in [-0.15, -0.1) is 0 Å². The van der Waals surface area contributed by atoms with Gasteiger partial charge in [0.1, 0.15) is 24.1 Å². The molecule has 0 aliphatic carbocycles. The minimum Gasteiger partial charge on any atom is -0.508 e. The lowest BCUT2D eigenvalue weighted by Crippen LogP contribution is -2.44. The molecule has 0 bridgehead atoms. The van der Waals surface area contributed by atoms with Gasteiger partial charge in [0.05, 0.1) is 12.1 Å². The summed E-state index contributed by atoms with van der Waals surface area (Å²) in [4.78, 5) is 12.4. The average Bonchev–Trinajstić information content (AvgIpc) is 3.10. The van der Waals surface area contributed by atoms with Gasteiger partial charge in [0, 0.05) is 5.56 Å². The summed E-state index contributed by atoms with van der Waals surface area (Å²) in [6.45, 7) is 2.33. The van der Waals surface area contributed by atoms with E-state index >= 15 is 0 Å². The Hall–Kier alpha value is -2.57. The lowest BCUT2D eigenvalue weighted by Gasteiger charge is -2.18. The maximum atomic E-state index is 12.4. The number of carbonyl (C=O) groups excluding carboxylic acids is 1. The molecule has 132 valence electrons. The standard InChI is InChI=1S/C19H23N3O3/c1-13(16-9-5-6-10-18(16)23)20-19(24)17-11-14(21-22-17)12-25-15-7-3-2-4-8-15/h2-10,13-14,17,21-23H,11-12H2,1H3,(H,20,24). The molecule has 3 atom stereocenters. The van der Waals surface area contributed by atoms with E-state index in [4.69, 9.17) is 4.74 Å². The van der Waals surface area contributed by atoms with Gasteiger partial charge >= 0.3 is 0 Å². The fraction of sp³-hybridized carbons (Fsp3) is 0.316. The maximum Gasteiger partial charge on any atom is 0.239 e. The van der Waals surface area contributed by atoms with E-state index in [0.717, 1.165) is 5.75 Å². The largest absolute Gasteiger partial charge is 0.508 e. The number of nitrogens with one attached hydrogen (secondary N) is 3. The SMILES string of the molecule is CC(NC(=O)C1CC(COc2ccccc2)NN1)c1ccccc1O. The molecule has 1 saturated heterocycles. The summed E-state index contributed by atoms with van der Waals surface area (Å²) >= 11 is 0. The first-order valence-corrected chi connectivity index (χ1v) is 8.40. The second-order valence-electron chi connectivity index (χ2n) is 6.19. The molecule has 6 nitrogen and oxygen atoms in total. The molecule has 1 aliphatic rings. The van der Waals surface area contributed by atoms with Gasteiger partial charge in [-0.1, -0.05) is 36.4 Å². The van der Waals surface area contributed by atoms with E-state index in [0.29, 0.717) is 18.6 Å². The van der Waals surface area contributed by atoms with Crippen LogP contribution in [-0.4, -0.2) is 29.7 Å². The Bertz CT molecular complexity index is 708. The topological polar surface area (TPSA) is 82.6 Å². The number of phenolic OH excluding ortho intramolecular Hbond substituents is 1. The van der Waals surface area contributed by atoms with Gasteiger partial charge in [-0.2, -0.15) is 0 Å². The van der Waals surface area contributed by atoms with Crippen LogP contribution in [0.1, 0.15) is 24.9 Å². The van der Waals surface area contributed by atoms with Gasteiger partial charge in [-0.3, -0.25) is 10.2 Å². The van der Waals surface area contributed by atoms with Gasteiger partial charge < -0.3 is 15.2 Å². The second kappa shape index (κ2) is 8.00. The molecule has 1 heterocycles. The highest BCUT2D eigenvalue weighted by atomic mass is 16.5.